The van der Waals surface area contributed by atoms with Gasteiger partial charge in [0.25, 0.3) is 0 Å². The summed E-state index contributed by atoms with van der Waals surface area (Å²) in [6, 6.07) is 4.55. The van der Waals surface area contributed by atoms with Crippen LogP contribution in [0.4, 0.5) is 8.78 Å². The quantitative estimate of drug-likeness (QED) is 0.446. The van der Waals surface area contributed by atoms with Crippen LogP contribution in [0.3, 0.4) is 0 Å². The van der Waals surface area contributed by atoms with Crippen molar-refractivity contribution in [3.63, 3.8) is 0 Å². The number of sulfone groups is 1. The number of nitrogens with one attached hydrogen (secondary N) is 2. The average molecular weight is 419 g/mol. The third-order valence-corrected chi connectivity index (χ3v) is 5.53. The molecule has 0 atom stereocenters. The molecule has 10 heteroatoms. The molecule has 0 bridgehead atoms. The van der Waals surface area contributed by atoms with Crippen LogP contribution in [0, 0.1) is 5.41 Å². The molecule has 2 N–H and O–H groups in total. The van der Waals surface area contributed by atoms with Crippen molar-refractivity contribution in [2.45, 2.75) is 32.9 Å². The van der Waals surface area contributed by atoms with Crippen LogP contribution in [0.5, 0.6) is 11.5 Å². The molecule has 0 amide bonds. The molecule has 0 spiro atoms. The molecule has 28 heavy (non-hydrogen) atoms. The minimum Gasteiger partial charge on any atom is -0.497 e. The third kappa shape index (κ3) is 7.14. The lowest BCUT2D eigenvalue weighted by Crippen LogP contribution is -2.41. The summed E-state index contributed by atoms with van der Waals surface area (Å²) in [5.74, 6) is 1.16. The fourth-order valence-corrected chi connectivity index (χ4v) is 4.40. The predicted octanol–water partition coefficient (Wildman–Crippen LogP) is 2.18. The van der Waals surface area contributed by atoms with Crippen molar-refractivity contribution in [3.8, 4) is 11.5 Å². The highest BCUT2D eigenvalue weighted by atomic mass is 32.2. The van der Waals surface area contributed by atoms with Crippen molar-refractivity contribution in [2.24, 2.45) is 10.4 Å². The maximum Gasteiger partial charge on any atom is 0.387 e. The number of benzene rings is 1. The Labute approximate surface area is 164 Å². The van der Waals surface area contributed by atoms with Crippen LogP contribution in [0.2, 0.25) is 0 Å². The summed E-state index contributed by atoms with van der Waals surface area (Å²) in [6.07, 6.45) is 2.92. The fraction of sp³-hybridized carbons (Fsp3) is 0.611. The van der Waals surface area contributed by atoms with Gasteiger partial charge in [0.15, 0.2) is 5.96 Å². The highest BCUT2D eigenvalue weighted by Gasteiger charge is 2.45. The number of alkyl halides is 2. The van der Waals surface area contributed by atoms with Crippen molar-refractivity contribution < 1.29 is 26.7 Å². The first-order valence-corrected chi connectivity index (χ1v) is 11.0. The molecular formula is C18H27F2N3O4S. The smallest absolute Gasteiger partial charge is 0.387 e. The van der Waals surface area contributed by atoms with Gasteiger partial charge in [0.05, 0.1) is 19.4 Å². The Kier molecular flexibility index (Phi) is 7.45. The second-order valence-electron chi connectivity index (χ2n) is 6.97. The van der Waals surface area contributed by atoms with Gasteiger partial charge in [0.2, 0.25) is 0 Å². The molecule has 0 radical (unpaired) electrons. The third-order valence-electron chi connectivity index (χ3n) is 4.39. The van der Waals surface area contributed by atoms with E-state index in [1.807, 2.05) is 6.92 Å². The minimum absolute atomic E-state index is 0.0335. The SMILES string of the molecule is CCNC(=NCc1cc(OC)ccc1OC(F)F)NCC1(CS(C)(=O)=O)CC1. The molecule has 1 aromatic rings. The zero-order valence-electron chi connectivity index (χ0n) is 16.3. The van der Waals surface area contributed by atoms with Gasteiger partial charge in [-0.25, -0.2) is 13.4 Å². The zero-order valence-corrected chi connectivity index (χ0v) is 17.1. The number of hydrogen-bond donors (Lipinski definition) is 2. The molecule has 0 aromatic heterocycles. The lowest BCUT2D eigenvalue weighted by atomic mass is 10.1. The van der Waals surface area contributed by atoms with Crippen LogP contribution < -0.4 is 20.1 Å². The van der Waals surface area contributed by atoms with Crippen molar-refractivity contribution in [1.82, 2.24) is 10.6 Å². The van der Waals surface area contributed by atoms with Crippen LogP contribution in [-0.2, 0) is 16.4 Å². The van der Waals surface area contributed by atoms with Crippen molar-refractivity contribution in [1.29, 1.82) is 0 Å². The van der Waals surface area contributed by atoms with Crippen LogP contribution >= 0.6 is 0 Å². The Balaban J connectivity index is 2.10. The number of hydrogen-bond acceptors (Lipinski definition) is 5. The van der Waals surface area contributed by atoms with Crippen molar-refractivity contribution in [3.05, 3.63) is 23.8 Å². The molecule has 0 heterocycles. The summed E-state index contributed by atoms with van der Waals surface area (Å²) in [4.78, 5) is 4.42. The Morgan fingerprint density at radius 1 is 1.32 bits per heavy atom. The van der Waals surface area contributed by atoms with Crippen LogP contribution in [-0.4, -0.2) is 53.2 Å². The first-order chi connectivity index (χ1) is 13.2. The first-order valence-electron chi connectivity index (χ1n) is 8.98. The highest BCUT2D eigenvalue weighted by molar-refractivity contribution is 7.90. The van der Waals surface area contributed by atoms with E-state index in [-0.39, 0.29) is 23.5 Å². The topological polar surface area (TPSA) is 89.0 Å². The molecule has 2 rings (SSSR count). The molecule has 158 valence electrons. The van der Waals surface area contributed by atoms with E-state index in [2.05, 4.69) is 20.4 Å². The van der Waals surface area contributed by atoms with E-state index in [9.17, 15) is 17.2 Å². The van der Waals surface area contributed by atoms with Gasteiger partial charge in [-0.15, -0.1) is 0 Å². The average Bonchev–Trinajstić information content (AvgIpc) is 3.35. The van der Waals surface area contributed by atoms with Gasteiger partial charge in [-0.3, -0.25) is 0 Å². The first kappa shape index (κ1) is 22.2. The molecule has 1 aliphatic carbocycles. The summed E-state index contributed by atoms with van der Waals surface area (Å²) < 4.78 is 58.1. The van der Waals surface area contributed by atoms with E-state index in [1.165, 1.54) is 25.5 Å². The van der Waals surface area contributed by atoms with Gasteiger partial charge in [0, 0.05) is 30.3 Å². The minimum atomic E-state index is -3.06. The number of methoxy groups -OCH3 is 1. The largest absolute Gasteiger partial charge is 0.497 e. The van der Waals surface area contributed by atoms with E-state index in [1.54, 1.807) is 6.07 Å². The predicted molar refractivity (Wildman–Crippen MR) is 104 cm³/mol. The van der Waals surface area contributed by atoms with Crippen LogP contribution in [0.25, 0.3) is 0 Å². The van der Waals surface area contributed by atoms with Gasteiger partial charge in [-0.1, -0.05) is 0 Å². The lowest BCUT2D eigenvalue weighted by molar-refractivity contribution is -0.0504. The Bertz CT molecular complexity index is 796. The Morgan fingerprint density at radius 3 is 2.57 bits per heavy atom. The van der Waals surface area contributed by atoms with Crippen molar-refractivity contribution >= 4 is 15.8 Å². The zero-order chi connectivity index (χ0) is 20.8. The maximum absolute atomic E-state index is 12.6. The number of rotatable bonds is 10. The Morgan fingerprint density at radius 2 is 2.04 bits per heavy atom. The molecule has 7 nitrogen and oxygen atoms in total. The van der Waals surface area contributed by atoms with E-state index in [0.29, 0.717) is 30.4 Å². The van der Waals surface area contributed by atoms with E-state index < -0.39 is 16.4 Å². The lowest BCUT2D eigenvalue weighted by Gasteiger charge is -2.18. The monoisotopic (exact) mass is 419 g/mol. The second-order valence-corrected chi connectivity index (χ2v) is 9.11. The molecule has 1 saturated carbocycles. The van der Waals surface area contributed by atoms with Gasteiger partial charge in [-0.05, 0) is 38.0 Å². The summed E-state index contributed by atoms with van der Waals surface area (Å²) in [7, 11) is -1.58. The molecular weight excluding hydrogens is 392 g/mol. The highest BCUT2D eigenvalue weighted by Crippen LogP contribution is 2.46. The summed E-state index contributed by atoms with van der Waals surface area (Å²) >= 11 is 0. The van der Waals surface area contributed by atoms with Gasteiger partial charge < -0.3 is 20.1 Å². The van der Waals surface area contributed by atoms with Crippen molar-refractivity contribution in [2.75, 3.05) is 32.2 Å². The maximum atomic E-state index is 12.6. The van der Waals surface area contributed by atoms with E-state index in [0.717, 1.165) is 12.8 Å². The standard InChI is InChI=1S/C18H27F2N3O4S/c1-4-21-17(23-11-18(7-8-18)12-28(3,24)25)22-10-13-9-14(26-2)5-6-15(13)27-16(19)20/h5-6,9,16H,4,7-8,10-12H2,1-3H3,(H2,21,22,23). The number of aliphatic imine (C=N–C) groups is 1. The van der Waals surface area contributed by atoms with Gasteiger partial charge >= 0.3 is 6.61 Å². The number of ether oxygens (including phenoxy) is 2. The molecule has 1 aliphatic rings. The van der Waals surface area contributed by atoms with Crippen LogP contribution in [0.1, 0.15) is 25.3 Å². The summed E-state index contributed by atoms with van der Waals surface area (Å²) in [5, 5.41) is 6.23. The molecule has 1 fully saturated rings. The summed E-state index contributed by atoms with van der Waals surface area (Å²) in [6.45, 7) is 0.132. The second kappa shape index (κ2) is 9.40. The fourth-order valence-electron chi connectivity index (χ4n) is 2.90. The normalized spacial score (nSPS) is 16.0. The van der Waals surface area contributed by atoms with E-state index in [4.69, 9.17) is 4.74 Å². The van der Waals surface area contributed by atoms with E-state index >= 15 is 0 Å². The van der Waals surface area contributed by atoms with Gasteiger partial charge in [0.1, 0.15) is 21.3 Å². The number of guanidine groups is 1. The Hall–Kier alpha value is -2.10. The van der Waals surface area contributed by atoms with Gasteiger partial charge in [-0.2, -0.15) is 8.78 Å². The number of halogens is 2. The molecule has 0 saturated heterocycles. The molecule has 0 aliphatic heterocycles. The summed E-state index contributed by atoms with van der Waals surface area (Å²) in [5.41, 5.74) is 0.193. The van der Waals surface area contributed by atoms with Crippen LogP contribution in [0.15, 0.2) is 23.2 Å². The number of nitrogens with zero attached hydrogens (tertiary/aromatic N) is 1. The molecule has 0 unspecified atom stereocenters. The molecule has 1 aromatic carbocycles.